The summed E-state index contributed by atoms with van der Waals surface area (Å²) in [4.78, 5) is 32.9. The number of carbonyl (C=O) groups excluding carboxylic acids is 2. The van der Waals surface area contributed by atoms with Crippen molar-refractivity contribution in [2.75, 3.05) is 18.0 Å². The van der Waals surface area contributed by atoms with Crippen LogP contribution in [0.2, 0.25) is 0 Å². The van der Waals surface area contributed by atoms with Crippen LogP contribution in [0.3, 0.4) is 0 Å². The summed E-state index contributed by atoms with van der Waals surface area (Å²) in [5.74, 6) is 0.00278. The fourth-order valence-corrected chi connectivity index (χ4v) is 3.86. The standard InChI is InChI=1S/C27H30FN3O3/c1-5-31(26(33)34-27(2,3)4)24-22(18-9-7-6-8-10-18)23(25(32)29-16-17-11-12-17)20-15-19(28)13-14-21(20)30-24/h6-10,13-15,17H,5,11-12,16H2,1-4H3,(H,29,32). The normalized spacial score (nSPS) is 13.6. The van der Waals surface area contributed by atoms with Gasteiger partial charge in [-0.15, -0.1) is 0 Å². The maximum atomic E-state index is 14.3. The summed E-state index contributed by atoms with van der Waals surface area (Å²) in [7, 11) is 0. The van der Waals surface area contributed by atoms with Crippen LogP contribution in [0, 0.1) is 11.7 Å². The highest BCUT2D eigenvalue weighted by atomic mass is 19.1. The van der Waals surface area contributed by atoms with Gasteiger partial charge >= 0.3 is 6.09 Å². The molecule has 3 aromatic rings. The van der Waals surface area contributed by atoms with Gasteiger partial charge in [-0.25, -0.2) is 14.2 Å². The number of nitrogens with zero attached hydrogens (tertiary/aromatic N) is 2. The first kappa shape index (κ1) is 23.7. The van der Waals surface area contributed by atoms with E-state index in [0.717, 1.165) is 12.8 Å². The van der Waals surface area contributed by atoms with Crippen molar-refractivity contribution in [1.29, 1.82) is 0 Å². The van der Waals surface area contributed by atoms with E-state index in [4.69, 9.17) is 9.72 Å². The third-order valence-electron chi connectivity index (χ3n) is 5.65. The van der Waals surface area contributed by atoms with Gasteiger partial charge in [0.25, 0.3) is 5.91 Å². The average molecular weight is 464 g/mol. The number of hydrogen-bond donors (Lipinski definition) is 1. The highest BCUT2D eigenvalue weighted by Gasteiger charge is 2.30. The van der Waals surface area contributed by atoms with Crippen molar-refractivity contribution in [2.24, 2.45) is 5.92 Å². The van der Waals surface area contributed by atoms with Gasteiger partial charge in [0.2, 0.25) is 0 Å². The molecule has 1 aliphatic carbocycles. The number of nitrogens with one attached hydrogen (secondary N) is 1. The van der Waals surface area contributed by atoms with Crippen LogP contribution in [0.5, 0.6) is 0 Å². The molecule has 7 heteroatoms. The molecule has 6 nitrogen and oxygen atoms in total. The average Bonchev–Trinajstić information content (AvgIpc) is 3.61. The molecule has 0 radical (unpaired) electrons. The highest BCUT2D eigenvalue weighted by molar-refractivity contribution is 6.15. The molecule has 178 valence electrons. The van der Waals surface area contributed by atoms with Crippen LogP contribution in [0.1, 0.15) is 50.9 Å². The number of aromatic nitrogens is 1. The largest absolute Gasteiger partial charge is 0.443 e. The Morgan fingerprint density at radius 1 is 1.15 bits per heavy atom. The topological polar surface area (TPSA) is 71.5 Å². The molecule has 0 saturated heterocycles. The molecular weight excluding hydrogens is 433 g/mol. The quantitative estimate of drug-likeness (QED) is 0.491. The van der Waals surface area contributed by atoms with E-state index in [1.807, 2.05) is 37.3 Å². The fraction of sp³-hybridized carbons (Fsp3) is 0.370. The van der Waals surface area contributed by atoms with Crippen LogP contribution >= 0.6 is 0 Å². The molecule has 34 heavy (non-hydrogen) atoms. The van der Waals surface area contributed by atoms with Gasteiger partial charge in [0.05, 0.1) is 11.1 Å². The van der Waals surface area contributed by atoms with Crippen LogP contribution in [0.4, 0.5) is 15.0 Å². The van der Waals surface area contributed by atoms with Gasteiger partial charge in [0.1, 0.15) is 17.2 Å². The van der Waals surface area contributed by atoms with Crippen molar-refractivity contribution < 1.29 is 18.7 Å². The van der Waals surface area contributed by atoms with Crippen molar-refractivity contribution >= 4 is 28.7 Å². The molecule has 0 atom stereocenters. The van der Waals surface area contributed by atoms with Crippen LogP contribution < -0.4 is 10.2 Å². The van der Waals surface area contributed by atoms with Crippen molar-refractivity contribution in [2.45, 2.75) is 46.1 Å². The first-order valence-corrected chi connectivity index (χ1v) is 11.7. The van der Waals surface area contributed by atoms with Crippen LogP contribution in [-0.2, 0) is 4.74 Å². The van der Waals surface area contributed by atoms with Crippen LogP contribution in [-0.4, -0.2) is 35.7 Å². The maximum absolute atomic E-state index is 14.3. The van der Waals surface area contributed by atoms with Gasteiger partial charge < -0.3 is 10.1 Å². The summed E-state index contributed by atoms with van der Waals surface area (Å²) in [5, 5.41) is 3.41. The number of ether oxygens (including phenoxy) is 1. The van der Waals surface area contributed by atoms with Crippen molar-refractivity contribution in [1.82, 2.24) is 10.3 Å². The van der Waals surface area contributed by atoms with Gasteiger partial charge in [-0.05, 0) is 70.2 Å². The third kappa shape index (κ3) is 5.19. The predicted molar refractivity (Wildman–Crippen MR) is 131 cm³/mol. The Bertz CT molecular complexity index is 1220. The summed E-state index contributed by atoms with van der Waals surface area (Å²) in [5.41, 5.74) is 1.19. The number of rotatable bonds is 6. The van der Waals surface area contributed by atoms with Crippen LogP contribution in [0.25, 0.3) is 22.0 Å². The number of halogens is 1. The lowest BCUT2D eigenvalue weighted by atomic mass is 9.95. The molecule has 0 spiro atoms. The lowest BCUT2D eigenvalue weighted by Crippen LogP contribution is -2.38. The molecule has 1 heterocycles. The molecule has 0 bridgehead atoms. The summed E-state index contributed by atoms with van der Waals surface area (Å²) in [6.07, 6.45) is 1.61. The van der Waals surface area contributed by atoms with E-state index < -0.39 is 17.5 Å². The Labute approximate surface area is 199 Å². The molecule has 0 unspecified atom stereocenters. The molecule has 1 fully saturated rings. The molecule has 1 N–H and O–H groups in total. The van der Waals surface area contributed by atoms with Gasteiger partial charge in [0, 0.05) is 24.0 Å². The smallest absolute Gasteiger partial charge is 0.416 e. The number of carbonyl (C=O) groups is 2. The zero-order valence-corrected chi connectivity index (χ0v) is 20.0. The highest BCUT2D eigenvalue weighted by Crippen LogP contribution is 2.38. The summed E-state index contributed by atoms with van der Waals surface area (Å²) >= 11 is 0. The van der Waals surface area contributed by atoms with Gasteiger partial charge in [-0.1, -0.05) is 30.3 Å². The molecule has 1 aliphatic rings. The zero-order valence-electron chi connectivity index (χ0n) is 20.0. The lowest BCUT2D eigenvalue weighted by molar-refractivity contribution is 0.0581. The molecule has 2 aromatic carbocycles. The Hall–Kier alpha value is -3.48. The molecule has 1 aromatic heterocycles. The SMILES string of the molecule is CCN(C(=O)OC(C)(C)C)c1nc2ccc(F)cc2c(C(=O)NCC2CC2)c1-c1ccccc1. The number of amides is 2. The Morgan fingerprint density at radius 2 is 1.85 bits per heavy atom. The summed E-state index contributed by atoms with van der Waals surface area (Å²) in [6.45, 7) is 8.04. The van der Waals surface area contributed by atoms with Crippen molar-refractivity contribution in [3.8, 4) is 11.1 Å². The van der Waals surface area contributed by atoms with E-state index in [9.17, 15) is 14.0 Å². The van der Waals surface area contributed by atoms with E-state index in [-0.39, 0.29) is 12.5 Å². The zero-order chi connectivity index (χ0) is 24.5. The third-order valence-corrected chi connectivity index (χ3v) is 5.65. The van der Waals surface area contributed by atoms with E-state index in [1.165, 1.54) is 23.1 Å². The van der Waals surface area contributed by atoms with Gasteiger partial charge in [0.15, 0.2) is 0 Å². The minimum absolute atomic E-state index is 0.275. The second-order valence-electron chi connectivity index (χ2n) is 9.59. The summed E-state index contributed by atoms with van der Waals surface area (Å²) in [6, 6.07) is 13.4. The van der Waals surface area contributed by atoms with Crippen molar-refractivity contribution in [3.63, 3.8) is 0 Å². The van der Waals surface area contributed by atoms with E-state index >= 15 is 0 Å². The predicted octanol–water partition coefficient (Wildman–Crippen LogP) is 5.94. The monoisotopic (exact) mass is 463 g/mol. The number of pyridine rings is 1. The number of hydrogen-bond acceptors (Lipinski definition) is 4. The molecular formula is C27H30FN3O3. The number of benzene rings is 2. The second-order valence-corrected chi connectivity index (χ2v) is 9.59. The first-order chi connectivity index (χ1) is 16.2. The first-order valence-electron chi connectivity index (χ1n) is 11.7. The molecule has 1 saturated carbocycles. The Balaban J connectivity index is 1.98. The molecule has 0 aliphatic heterocycles. The van der Waals surface area contributed by atoms with Crippen LogP contribution in [0.15, 0.2) is 48.5 Å². The van der Waals surface area contributed by atoms with Gasteiger partial charge in [-0.2, -0.15) is 0 Å². The fourth-order valence-electron chi connectivity index (χ4n) is 3.86. The number of fused-ring (bicyclic) bond motifs is 1. The second kappa shape index (κ2) is 9.41. The molecule has 2 amide bonds. The van der Waals surface area contributed by atoms with E-state index in [1.54, 1.807) is 20.8 Å². The van der Waals surface area contributed by atoms with Gasteiger partial charge in [-0.3, -0.25) is 9.69 Å². The Morgan fingerprint density at radius 3 is 2.47 bits per heavy atom. The minimum Gasteiger partial charge on any atom is -0.443 e. The number of anilines is 1. The maximum Gasteiger partial charge on any atom is 0.416 e. The molecule has 4 rings (SSSR count). The van der Waals surface area contributed by atoms with E-state index in [2.05, 4.69) is 5.32 Å². The lowest BCUT2D eigenvalue weighted by Gasteiger charge is -2.28. The Kier molecular flexibility index (Phi) is 6.55. The summed E-state index contributed by atoms with van der Waals surface area (Å²) < 4.78 is 20.0. The minimum atomic E-state index is -0.706. The van der Waals surface area contributed by atoms with Crippen molar-refractivity contribution in [3.05, 3.63) is 59.9 Å². The van der Waals surface area contributed by atoms with E-state index in [0.29, 0.717) is 45.9 Å².